The second-order valence-electron chi connectivity index (χ2n) is 9.24. The Bertz CT molecular complexity index is 1740. The Labute approximate surface area is 238 Å². The first-order chi connectivity index (χ1) is 19.7. The molecule has 0 aliphatic carbocycles. The van der Waals surface area contributed by atoms with E-state index in [1.165, 1.54) is 23.6 Å². The Balaban J connectivity index is 1.70. The molecule has 6 nitrogen and oxygen atoms in total. The topological polar surface area (TPSA) is 76.1 Å². The van der Waals surface area contributed by atoms with Gasteiger partial charge < -0.3 is 18.3 Å². The lowest BCUT2D eigenvalue weighted by Crippen LogP contribution is -2.16. The lowest BCUT2D eigenvalue weighted by Gasteiger charge is -2.14. The summed E-state index contributed by atoms with van der Waals surface area (Å²) in [5.41, 5.74) is 1.54. The molecule has 5 aromatic rings. The lowest BCUT2D eigenvalue weighted by molar-refractivity contribution is -0.274. The van der Waals surface area contributed by atoms with E-state index >= 15 is 0 Å². The Kier molecular flexibility index (Phi) is 7.58. The SMILES string of the molecule is Cc1nc(-c2cc(-c3cccc([S+](C)[O-])c3)ccc2-n2cc(C(F)(F)F)nc2C)c(-c2ccc(OC(F)(F)F)cc2)o1. The van der Waals surface area contributed by atoms with Crippen LogP contribution in [0.1, 0.15) is 17.4 Å². The van der Waals surface area contributed by atoms with Gasteiger partial charge in [0.2, 0.25) is 0 Å². The number of ether oxygens (including phenoxy) is 1. The number of benzene rings is 3. The van der Waals surface area contributed by atoms with Crippen LogP contribution in [0, 0.1) is 13.8 Å². The van der Waals surface area contributed by atoms with Crippen molar-refractivity contribution in [3.8, 4) is 45.1 Å². The predicted octanol–water partition coefficient (Wildman–Crippen LogP) is 8.13. The first-order valence-corrected chi connectivity index (χ1v) is 13.8. The summed E-state index contributed by atoms with van der Waals surface area (Å²) >= 11 is -1.26. The second kappa shape index (κ2) is 10.9. The molecule has 1 atom stereocenters. The molecule has 3 aromatic carbocycles. The van der Waals surface area contributed by atoms with E-state index in [-0.39, 0.29) is 23.2 Å². The third-order valence-corrected chi connectivity index (χ3v) is 7.19. The minimum Gasteiger partial charge on any atom is -0.612 e. The van der Waals surface area contributed by atoms with Gasteiger partial charge in [-0.2, -0.15) is 13.2 Å². The molecule has 0 spiro atoms. The first-order valence-electron chi connectivity index (χ1n) is 12.2. The molecule has 0 fully saturated rings. The number of nitrogens with zero attached hydrogens (tertiary/aromatic N) is 3. The molecule has 2 heterocycles. The third-order valence-electron chi connectivity index (χ3n) is 6.27. The summed E-state index contributed by atoms with van der Waals surface area (Å²) in [6, 6.07) is 17.0. The van der Waals surface area contributed by atoms with Gasteiger partial charge in [-0.3, -0.25) is 0 Å². The van der Waals surface area contributed by atoms with Crippen LogP contribution in [0.2, 0.25) is 0 Å². The van der Waals surface area contributed by atoms with Crippen molar-refractivity contribution >= 4 is 11.2 Å². The Morgan fingerprint density at radius 1 is 0.857 bits per heavy atom. The van der Waals surface area contributed by atoms with Crippen LogP contribution in [0.15, 0.2) is 82.2 Å². The molecule has 13 heteroatoms. The number of halogens is 6. The molecule has 0 N–H and O–H groups in total. The quantitative estimate of drug-likeness (QED) is 0.144. The number of imidazole rings is 1. The molecule has 5 rings (SSSR count). The van der Waals surface area contributed by atoms with Gasteiger partial charge in [0.15, 0.2) is 22.2 Å². The van der Waals surface area contributed by atoms with E-state index in [0.717, 1.165) is 18.3 Å². The van der Waals surface area contributed by atoms with Gasteiger partial charge >= 0.3 is 12.5 Å². The van der Waals surface area contributed by atoms with Crippen LogP contribution in [0.4, 0.5) is 26.3 Å². The molecular weight excluding hydrogens is 584 g/mol. The molecule has 0 aliphatic rings. The smallest absolute Gasteiger partial charge is 0.573 e. The molecule has 0 saturated carbocycles. The molecule has 1 unspecified atom stereocenters. The van der Waals surface area contributed by atoms with Crippen LogP contribution in [0.3, 0.4) is 0 Å². The molecule has 0 radical (unpaired) electrons. The zero-order chi connectivity index (χ0) is 30.4. The average molecular weight is 606 g/mol. The zero-order valence-electron chi connectivity index (χ0n) is 22.2. The average Bonchev–Trinajstić information content (AvgIpc) is 3.50. The molecule has 42 heavy (non-hydrogen) atoms. The predicted molar refractivity (Wildman–Crippen MR) is 143 cm³/mol. The highest BCUT2D eigenvalue weighted by molar-refractivity contribution is 7.90. The number of aryl methyl sites for hydroxylation is 2. The maximum atomic E-state index is 13.5. The van der Waals surface area contributed by atoms with E-state index in [1.807, 2.05) is 0 Å². The summed E-state index contributed by atoms with van der Waals surface area (Å²) in [6.07, 6.45) is -7.12. The number of hydrogen-bond acceptors (Lipinski definition) is 5. The van der Waals surface area contributed by atoms with Crippen LogP contribution < -0.4 is 4.74 Å². The van der Waals surface area contributed by atoms with Crippen molar-refractivity contribution in [3.05, 3.63) is 90.3 Å². The van der Waals surface area contributed by atoms with Crippen LogP contribution in [0.25, 0.3) is 39.4 Å². The number of alkyl halides is 6. The first kappa shape index (κ1) is 29.3. The van der Waals surface area contributed by atoms with Crippen LogP contribution in [-0.2, 0) is 17.4 Å². The van der Waals surface area contributed by atoms with E-state index in [1.54, 1.807) is 55.6 Å². The molecular formula is C29H21F6N3O3S. The Morgan fingerprint density at radius 3 is 2.14 bits per heavy atom. The fraction of sp³-hybridized carbons (Fsp3) is 0.172. The highest BCUT2D eigenvalue weighted by atomic mass is 32.2. The summed E-state index contributed by atoms with van der Waals surface area (Å²) in [4.78, 5) is 8.77. The molecule has 2 aromatic heterocycles. The van der Waals surface area contributed by atoms with E-state index in [4.69, 9.17) is 4.42 Å². The monoisotopic (exact) mass is 605 g/mol. The van der Waals surface area contributed by atoms with Gasteiger partial charge in [0.05, 0.1) is 5.69 Å². The molecule has 0 bridgehead atoms. The lowest BCUT2D eigenvalue weighted by atomic mass is 9.98. The molecule has 0 saturated heterocycles. The van der Waals surface area contributed by atoms with Crippen molar-refractivity contribution in [2.45, 2.75) is 31.3 Å². The second-order valence-corrected chi connectivity index (χ2v) is 10.6. The van der Waals surface area contributed by atoms with Crippen molar-refractivity contribution in [1.82, 2.24) is 14.5 Å². The minimum atomic E-state index is -4.87. The van der Waals surface area contributed by atoms with Crippen LogP contribution in [-0.4, -0.2) is 31.7 Å². The standard InChI is InChI=1S/C29H21F6N3O3S/c1-16-36-25(28(30,31)32)15-38(16)24-12-9-20(19-5-4-6-22(13-19)42(3)39)14-23(24)26-27(40-17(2)37-26)18-7-10-21(11-8-18)41-29(33,34)35/h4-15H,1-3H3. The van der Waals surface area contributed by atoms with Gasteiger partial charge in [0.1, 0.15) is 23.5 Å². The van der Waals surface area contributed by atoms with Gasteiger partial charge in [-0.25, -0.2) is 9.97 Å². The summed E-state index contributed by atoms with van der Waals surface area (Å²) in [5, 5.41) is 0. The minimum absolute atomic E-state index is 0.0649. The van der Waals surface area contributed by atoms with Crippen LogP contribution in [0.5, 0.6) is 5.75 Å². The summed E-state index contributed by atoms with van der Waals surface area (Å²) in [7, 11) is 0. The van der Waals surface area contributed by atoms with Crippen molar-refractivity contribution in [2.75, 3.05) is 6.26 Å². The van der Waals surface area contributed by atoms with E-state index < -0.39 is 35.2 Å². The number of rotatable bonds is 6. The van der Waals surface area contributed by atoms with Gasteiger partial charge in [0.25, 0.3) is 0 Å². The zero-order valence-corrected chi connectivity index (χ0v) is 23.0. The van der Waals surface area contributed by atoms with E-state index in [9.17, 15) is 30.9 Å². The van der Waals surface area contributed by atoms with Gasteiger partial charge in [0, 0.05) is 30.3 Å². The third kappa shape index (κ3) is 6.16. The highest BCUT2D eigenvalue weighted by Gasteiger charge is 2.35. The van der Waals surface area contributed by atoms with Gasteiger partial charge in [-0.15, -0.1) is 13.2 Å². The van der Waals surface area contributed by atoms with Gasteiger partial charge in [-0.05, 0) is 71.7 Å². The fourth-order valence-corrected chi connectivity index (χ4v) is 5.00. The van der Waals surface area contributed by atoms with Crippen molar-refractivity contribution in [1.29, 1.82) is 0 Å². The van der Waals surface area contributed by atoms with E-state index in [0.29, 0.717) is 32.8 Å². The fourth-order valence-electron chi connectivity index (χ4n) is 4.44. The van der Waals surface area contributed by atoms with E-state index in [2.05, 4.69) is 14.7 Å². The normalized spacial score (nSPS) is 12.9. The Morgan fingerprint density at radius 2 is 1.52 bits per heavy atom. The van der Waals surface area contributed by atoms with Gasteiger partial charge in [-0.1, -0.05) is 18.2 Å². The summed E-state index contributed by atoms with van der Waals surface area (Å²) in [5.74, 6) is 0.0270. The number of hydrogen-bond donors (Lipinski definition) is 0. The maximum absolute atomic E-state index is 13.5. The van der Waals surface area contributed by atoms with Crippen LogP contribution >= 0.6 is 0 Å². The van der Waals surface area contributed by atoms with Crippen molar-refractivity contribution < 1.29 is 40.0 Å². The maximum Gasteiger partial charge on any atom is 0.573 e. The van der Waals surface area contributed by atoms with Crippen molar-refractivity contribution in [3.63, 3.8) is 0 Å². The summed E-state index contributed by atoms with van der Waals surface area (Å²) < 4.78 is 102. The van der Waals surface area contributed by atoms with Crippen molar-refractivity contribution in [2.24, 2.45) is 0 Å². The molecule has 0 amide bonds. The summed E-state index contributed by atoms with van der Waals surface area (Å²) in [6.45, 7) is 3.00. The largest absolute Gasteiger partial charge is 0.612 e. The molecule has 0 aliphatic heterocycles. The number of aromatic nitrogens is 3. The number of oxazole rings is 1. The highest BCUT2D eigenvalue weighted by Crippen LogP contribution is 2.40. The molecule has 218 valence electrons. The Hall–Kier alpha value is -4.23.